The monoisotopic (exact) mass is 363 g/mol. The lowest BCUT2D eigenvalue weighted by atomic mass is 9.66. The molecule has 0 bridgehead atoms. The molecule has 0 unspecified atom stereocenters. The molecule has 140 valence electrons. The lowest BCUT2D eigenvalue weighted by Gasteiger charge is -2.37. The van der Waals surface area contributed by atoms with Gasteiger partial charge < -0.3 is 4.90 Å². The number of carbonyl (C=O) groups excluding carboxylic acids is 1. The van der Waals surface area contributed by atoms with Crippen molar-refractivity contribution in [3.63, 3.8) is 0 Å². The molecular formula is C21H24F3NO. The fraction of sp³-hybridized carbons (Fsp3) is 0.381. The zero-order chi connectivity index (χ0) is 19.5. The molecule has 0 aromatic heterocycles. The summed E-state index contributed by atoms with van der Waals surface area (Å²) in [5.74, 6) is -3.73. The molecule has 0 fully saturated rings. The Hall–Kier alpha value is -2.14. The number of rotatable bonds is 7. The van der Waals surface area contributed by atoms with E-state index in [1.165, 1.54) is 0 Å². The van der Waals surface area contributed by atoms with Gasteiger partial charge in [0.25, 0.3) is 0 Å². The molecule has 2 aromatic carbocycles. The van der Waals surface area contributed by atoms with Crippen LogP contribution in [0.25, 0.3) is 0 Å². The second kappa shape index (κ2) is 8.04. The zero-order valence-electron chi connectivity index (χ0n) is 15.5. The molecule has 2 atom stereocenters. The summed E-state index contributed by atoms with van der Waals surface area (Å²) in [4.78, 5) is 15.0. The molecule has 0 N–H and O–H groups in total. The number of nitrogens with zero attached hydrogens (tertiary/aromatic N) is 1. The third-order valence-electron chi connectivity index (χ3n) is 5.02. The predicted molar refractivity (Wildman–Crippen MR) is 96.6 cm³/mol. The van der Waals surface area contributed by atoms with Gasteiger partial charge in [-0.25, -0.2) is 13.2 Å². The van der Waals surface area contributed by atoms with E-state index in [2.05, 4.69) is 0 Å². The van der Waals surface area contributed by atoms with Crippen LogP contribution in [-0.4, -0.2) is 30.8 Å². The highest BCUT2D eigenvalue weighted by Crippen LogP contribution is 2.42. The molecule has 0 aliphatic carbocycles. The lowest BCUT2D eigenvalue weighted by Crippen LogP contribution is -2.44. The average Bonchev–Trinajstić information content (AvgIpc) is 2.63. The zero-order valence-corrected chi connectivity index (χ0v) is 15.5. The summed E-state index contributed by atoms with van der Waals surface area (Å²) in [5.41, 5.74) is -1.65. The summed E-state index contributed by atoms with van der Waals surface area (Å²) in [6, 6.07) is 9.97. The van der Waals surface area contributed by atoms with Gasteiger partial charge in [-0.1, -0.05) is 37.3 Å². The van der Waals surface area contributed by atoms with Crippen LogP contribution in [0.1, 0.15) is 37.8 Å². The normalized spacial score (nSPS) is 14.9. The molecule has 0 saturated carbocycles. The molecule has 0 aliphatic heterocycles. The number of hydrogen-bond donors (Lipinski definition) is 0. The van der Waals surface area contributed by atoms with E-state index in [0.29, 0.717) is 5.56 Å². The Morgan fingerprint density at radius 2 is 1.62 bits per heavy atom. The van der Waals surface area contributed by atoms with Crippen LogP contribution in [0, 0.1) is 17.5 Å². The molecule has 0 spiro atoms. The quantitative estimate of drug-likeness (QED) is 0.664. The molecule has 0 amide bonds. The van der Waals surface area contributed by atoms with Crippen molar-refractivity contribution in [3.05, 3.63) is 71.0 Å². The topological polar surface area (TPSA) is 20.3 Å². The summed E-state index contributed by atoms with van der Waals surface area (Å²) in [6.07, 6.45) is 0.207. The first-order valence-corrected chi connectivity index (χ1v) is 8.64. The summed E-state index contributed by atoms with van der Waals surface area (Å²) < 4.78 is 43.6. The smallest absolute Gasteiger partial charge is 0.166 e. The van der Waals surface area contributed by atoms with Crippen LogP contribution in [0.15, 0.2) is 42.5 Å². The van der Waals surface area contributed by atoms with Gasteiger partial charge in [0, 0.05) is 18.0 Å². The SMILES string of the molecule is CCC(=O)[C@](C[C@@H](C)N(C)C)(c1ccccc1)c1c(F)ccc(F)c1F. The minimum atomic E-state index is -1.60. The van der Waals surface area contributed by atoms with Crippen molar-refractivity contribution >= 4 is 5.78 Å². The van der Waals surface area contributed by atoms with E-state index in [-0.39, 0.29) is 24.7 Å². The van der Waals surface area contributed by atoms with Crippen LogP contribution < -0.4 is 0 Å². The minimum absolute atomic E-state index is 0.0738. The van der Waals surface area contributed by atoms with E-state index >= 15 is 0 Å². The van der Waals surface area contributed by atoms with E-state index in [1.54, 1.807) is 37.3 Å². The maximum atomic E-state index is 14.8. The molecule has 5 heteroatoms. The highest BCUT2D eigenvalue weighted by Gasteiger charge is 2.46. The van der Waals surface area contributed by atoms with Gasteiger partial charge in [-0.15, -0.1) is 0 Å². The van der Waals surface area contributed by atoms with Crippen LogP contribution in [-0.2, 0) is 10.2 Å². The molecule has 2 rings (SSSR count). The molecule has 2 nitrogen and oxygen atoms in total. The summed E-state index contributed by atoms with van der Waals surface area (Å²) >= 11 is 0. The van der Waals surface area contributed by atoms with E-state index in [9.17, 15) is 18.0 Å². The first-order chi connectivity index (χ1) is 12.3. The fourth-order valence-corrected chi connectivity index (χ4v) is 3.35. The average molecular weight is 363 g/mol. The second-order valence-corrected chi connectivity index (χ2v) is 6.78. The van der Waals surface area contributed by atoms with E-state index in [1.807, 2.05) is 25.9 Å². The third kappa shape index (κ3) is 3.54. The molecular weight excluding hydrogens is 339 g/mol. The van der Waals surface area contributed by atoms with Crippen LogP contribution in [0.5, 0.6) is 0 Å². The fourth-order valence-electron chi connectivity index (χ4n) is 3.35. The molecule has 2 aromatic rings. The number of benzene rings is 2. The molecule has 0 aliphatic rings. The first-order valence-electron chi connectivity index (χ1n) is 8.64. The van der Waals surface area contributed by atoms with Gasteiger partial charge in [0.2, 0.25) is 0 Å². The maximum Gasteiger partial charge on any atom is 0.166 e. The molecule has 0 heterocycles. The van der Waals surface area contributed by atoms with Crippen LogP contribution >= 0.6 is 0 Å². The van der Waals surface area contributed by atoms with Crippen molar-refractivity contribution in [2.45, 2.75) is 38.1 Å². The van der Waals surface area contributed by atoms with Gasteiger partial charge in [0.05, 0.1) is 5.41 Å². The Kier molecular flexibility index (Phi) is 6.24. The number of ketones is 1. The number of hydrogen-bond acceptors (Lipinski definition) is 2. The standard InChI is InChI=1S/C21H24F3NO/c1-5-18(26)21(13-14(2)25(3)4,15-9-7-6-8-10-15)19-16(22)11-12-17(23)20(19)24/h6-12,14H,5,13H2,1-4H3/t14-,21+/m1/s1. The molecule has 0 radical (unpaired) electrons. The summed E-state index contributed by atoms with van der Waals surface area (Å²) in [5, 5.41) is 0. The van der Waals surface area contributed by atoms with Gasteiger partial charge in [0.15, 0.2) is 11.6 Å². The lowest BCUT2D eigenvalue weighted by molar-refractivity contribution is -0.123. The number of carbonyl (C=O) groups is 1. The van der Waals surface area contributed by atoms with Crippen molar-refractivity contribution < 1.29 is 18.0 Å². The first kappa shape index (κ1) is 20.2. The highest BCUT2D eigenvalue weighted by atomic mass is 19.2. The van der Waals surface area contributed by atoms with E-state index < -0.39 is 28.4 Å². The second-order valence-electron chi connectivity index (χ2n) is 6.78. The van der Waals surface area contributed by atoms with Crippen LogP contribution in [0.4, 0.5) is 13.2 Å². The van der Waals surface area contributed by atoms with Crippen molar-refractivity contribution in [1.29, 1.82) is 0 Å². The van der Waals surface area contributed by atoms with E-state index in [4.69, 9.17) is 0 Å². The maximum absolute atomic E-state index is 14.8. The van der Waals surface area contributed by atoms with Crippen molar-refractivity contribution in [1.82, 2.24) is 4.90 Å². The van der Waals surface area contributed by atoms with Gasteiger partial charge in [-0.05, 0) is 45.1 Å². The number of Topliss-reactive ketones (excluding diaryl/α,β-unsaturated/α-hetero) is 1. The van der Waals surface area contributed by atoms with Crippen molar-refractivity contribution in [2.75, 3.05) is 14.1 Å². The molecule has 26 heavy (non-hydrogen) atoms. The predicted octanol–water partition coefficient (Wildman–Crippen LogP) is 4.71. The summed E-state index contributed by atoms with van der Waals surface area (Å²) in [7, 11) is 3.66. The van der Waals surface area contributed by atoms with Crippen LogP contribution in [0.2, 0.25) is 0 Å². The van der Waals surface area contributed by atoms with Crippen molar-refractivity contribution in [2.24, 2.45) is 0 Å². The largest absolute Gasteiger partial charge is 0.307 e. The van der Waals surface area contributed by atoms with Gasteiger partial charge in [-0.2, -0.15) is 0 Å². The van der Waals surface area contributed by atoms with Crippen molar-refractivity contribution in [3.8, 4) is 0 Å². The van der Waals surface area contributed by atoms with E-state index in [0.717, 1.165) is 12.1 Å². The Balaban J connectivity index is 2.88. The Labute approximate surface area is 152 Å². The highest BCUT2D eigenvalue weighted by molar-refractivity contribution is 5.94. The van der Waals surface area contributed by atoms with Gasteiger partial charge >= 0.3 is 0 Å². The third-order valence-corrected chi connectivity index (χ3v) is 5.02. The molecule has 0 saturated heterocycles. The summed E-state index contributed by atoms with van der Waals surface area (Å²) in [6.45, 7) is 3.52. The Bertz CT molecular complexity index is 776. The minimum Gasteiger partial charge on any atom is -0.307 e. The van der Waals surface area contributed by atoms with Gasteiger partial charge in [-0.3, -0.25) is 4.79 Å². The Morgan fingerprint density at radius 1 is 1.04 bits per heavy atom. The van der Waals surface area contributed by atoms with Crippen LogP contribution in [0.3, 0.4) is 0 Å². The Morgan fingerprint density at radius 3 is 2.15 bits per heavy atom. The number of halogens is 3. The van der Waals surface area contributed by atoms with Gasteiger partial charge in [0.1, 0.15) is 11.6 Å².